The topological polar surface area (TPSA) is 97.5 Å². The van der Waals surface area contributed by atoms with E-state index in [2.05, 4.69) is 0 Å². The quantitative estimate of drug-likeness (QED) is 0.642. The Morgan fingerprint density at radius 3 is 2.62 bits per heavy atom. The van der Waals surface area contributed by atoms with Gasteiger partial charge in [0.15, 0.2) is 9.84 Å². The number of hydrogen-bond acceptors (Lipinski definition) is 4. The van der Waals surface area contributed by atoms with Gasteiger partial charge in [0.05, 0.1) is 11.0 Å². The van der Waals surface area contributed by atoms with Crippen LogP contribution in [0.4, 0.5) is 0 Å². The third-order valence-corrected chi connectivity index (χ3v) is 4.60. The average molecular weight is 207 g/mol. The van der Waals surface area contributed by atoms with Crippen molar-refractivity contribution in [3.8, 4) is 0 Å². The van der Waals surface area contributed by atoms with Crippen LogP contribution in [0.2, 0.25) is 0 Å². The van der Waals surface area contributed by atoms with E-state index in [1.165, 1.54) is 0 Å². The van der Waals surface area contributed by atoms with Crippen molar-refractivity contribution in [1.29, 1.82) is 0 Å². The van der Waals surface area contributed by atoms with Crippen LogP contribution >= 0.6 is 0 Å². The summed E-state index contributed by atoms with van der Waals surface area (Å²) in [6.45, 7) is 0. The smallest absolute Gasteiger partial charge is 0.320 e. The molecule has 0 aromatic heterocycles. The highest BCUT2D eigenvalue weighted by atomic mass is 32.2. The molecule has 1 saturated heterocycles. The maximum absolute atomic E-state index is 11.3. The van der Waals surface area contributed by atoms with Crippen LogP contribution < -0.4 is 5.73 Å². The van der Waals surface area contributed by atoms with Crippen molar-refractivity contribution in [2.24, 2.45) is 5.73 Å². The van der Waals surface area contributed by atoms with E-state index in [0.717, 1.165) is 0 Å². The maximum Gasteiger partial charge on any atom is 0.320 e. The van der Waals surface area contributed by atoms with Crippen LogP contribution in [0, 0.1) is 0 Å². The molecule has 1 heterocycles. The predicted molar refractivity (Wildman–Crippen MR) is 47.0 cm³/mol. The number of carbonyl (C=O) groups is 1. The lowest BCUT2D eigenvalue weighted by atomic mass is 10.1. The van der Waals surface area contributed by atoms with Gasteiger partial charge >= 0.3 is 5.97 Å². The summed E-state index contributed by atoms with van der Waals surface area (Å²) >= 11 is 0. The van der Waals surface area contributed by atoms with Crippen molar-refractivity contribution in [1.82, 2.24) is 0 Å². The fourth-order valence-corrected chi connectivity index (χ4v) is 3.44. The average Bonchev–Trinajstić information content (AvgIpc) is 2.30. The minimum absolute atomic E-state index is 0.0394. The minimum atomic E-state index is -3.06. The third-order valence-electron chi connectivity index (χ3n) is 2.30. The monoisotopic (exact) mass is 207 g/mol. The molecule has 0 aromatic rings. The van der Waals surface area contributed by atoms with Crippen LogP contribution in [0.15, 0.2) is 0 Å². The molecule has 5 nitrogen and oxygen atoms in total. The fraction of sp³-hybridized carbons (Fsp3) is 0.857. The molecule has 6 heteroatoms. The molecule has 76 valence electrons. The number of aliphatic carboxylic acids is 1. The number of sulfone groups is 1. The first kappa shape index (κ1) is 10.5. The summed E-state index contributed by atoms with van der Waals surface area (Å²) < 4.78 is 22.5. The Bertz CT molecular complexity index is 298. The Labute approximate surface area is 76.8 Å². The lowest BCUT2D eigenvalue weighted by Gasteiger charge is -2.11. The van der Waals surface area contributed by atoms with E-state index in [-0.39, 0.29) is 12.2 Å². The Morgan fingerprint density at radius 2 is 2.23 bits per heavy atom. The highest BCUT2D eigenvalue weighted by Crippen LogP contribution is 2.23. The van der Waals surface area contributed by atoms with E-state index in [1.807, 2.05) is 0 Å². The SMILES string of the molecule is N[C@@H](CC1CCCS1(=O)=O)C(=O)O. The molecule has 0 amide bonds. The zero-order valence-electron chi connectivity index (χ0n) is 7.14. The van der Waals surface area contributed by atoms with E-state index in [9.17, 15) is 13.2 Å². The van der Waals surface area contributed by atoms with Crippen molar-refractivity contribution in [3.63, 3.8) is 0 Å². The van der Waals surface area contributed by atoms with Gasteiger partial charge in [-0.25, -0.2) is 8.42 Å². The zero-order valence-corrected chi connectivity index (χ0v) is 7.96. The molecule has 1 aliphatic heterocycles. The lowest BCUT2D eigenvalue weighted by molar-refractivity contribution is -0.138. The van der Waals surface area contributed by atoms with Gasteiger partial charge in [0, 0.05) is 0 Å². The van der Waals surface area contributed by atoms with Crippen molar-refractivity contribution in [3.05, 3.63) is 0 Å². The standard InChI is InChI=1S/C7H13NO4S/c8-6(7(9)10)4-5-2-1-3-13(5,11)12/h5-6H,1-4,8H2,(H,9,10)/t5?,6-/m0/s1. The molecule has 0 radical (unpaired) electrons. The Morgan fingerprint density at radius 1 is 1.62 bits per heavy atom. The van der Waals surface area contributed by atoms with Crippen LogP contribution in [-0.4, -0.2) is 36.5 Å². The number of carboxylic acid groups (broad SMARTS) is 1. The summed E-state index contributed by atoms with van der Waals surface area (Å²) in [6.07, 6.45) is 1.21. The molecular formula is C7H13NO4S. The van der Waals surface area contributed by atoms with Crippen LogP contribution in [0.3, 0.4) is 0 Å². The van der Waals surface area contributed by atoms with Crippen LogP contribution in [0.25, 0.3) is 0 Å². The molecule has 0 bridgehead atoms. The van der Waals surface area contributed by atoms with Gasteiger partial charge in [0.2, 0.25) is 0 Å². The molecule has 3 N–H and O–H groups in total. The van der Waals surface area contributed by atoms with Gasteiger partial charge in [-0.15, -0.1) is 0 Å². The molecule has 0 saturated carbocycles. The molecular weight excluding hydrogens is 194 g/mol. The third kappa shape index (κ3) is 2.41. The fourth-order valence-electron chi connectivity index (χ4n) is 1.51. The molecule has 0 aliphatic carbocycles. The van der Waals surface area contributed by atoms with E-state index >= 15 is 0 Å². The Balaban J connectivity index is 2.60. The van der Waals surface area contributed by atoms with Crippen molar-refractivity contribution in [2.75, 3.05) is 5.75 Å². The van der Waals surface area contributed by atoms with E-state index < -0.39 is 27.1 Å². The summed E-state index contributed by atoms with van der Waals surface area (Å²) in [5.41, 5.74) is 5.25. The predicted octanol–water partition coefficient (Wildman–Crippen LogP) is -0.634. The number of carboxylic acids is 1. The number of nitrogens with two attached hydrogens (primary N) is 1. The molecule has 2 atom stereocenters. The highest BCUT2D eigenvalue weighted by molar-refractivity contribution is 7.92. The molecule has 1 rings (SSSR count). The normalized spacial score (nSPS) is 28.5. The van der Waals surface area contributed by atoms with Crippen LogP contribution in [-0.2, 0) is 14.6 Å². The summed E-state index contributed by atoms with van der Waals surface area (Å²) in [5.74, 6) is -0.966. The highest BCUT2D eigenvalue weighted by Gasteiger charge is 2.33. The second-order valence-corrected chi connectivity index (χ2v) is 5.71. The summed E-state index contributed by atoms with van der Waals surface area (Å²) in [6, 6.07) is -1.06. The first-order chi connectivity index (χ1) is 5.93. The molecule has 0 aromatic carbocycles. The lowest BCUT2D eigenvalue weighted by Crippen LogP contribution is -2.35. The second kappa shape index (κ2) is 3.63. The molecule has 1 fully saturated rings. The van der Waals surface area contributed by atoms with Crippen molar-refractivity contribution < 1.29 is 18.3 Å². The minimum Gasteiger partial charge on any atom is -0.480 e. The maximum atomic E-state index is 11.3. The molecule has 1 aliphatic rings. The molecule has 13 heavy (non-hydrogen) atoms. The Kier molecular flexibility index (Phi) is 2.92. The van der Waals surface area contributed by atoms with E-state index in [1.54, 1.807) is 0 Å². The van der Waals surface area contributed by atoms with Crippen molar-refractivity contribution >= 4 is 15.8 Å². The van der Waals surface area contributed by atoms with E-state index in [4.69, 9.17) is 10.8 Å². The number of hydrogen-bond donors (Lipinski definition) is 2. The first-order valence-electron chi connectivity index (χ1n) is 4.13. The summed E-state index contributed by atoms with van der Waals surface area (Å²) in [4.78, 5) is 10.4. The molecule has 1 unspecified atom stereocenters. The van der Waals surface area contributed by atoms with Crippen LogP contribution in [0.5, 0.6) is 0 Å². The second-order valence-electron chi connectivity index (χ2n) is 3.31. The summed E-state index contributed by atoms with van der Waals surface area (Å²) in [5, 5.41) is 7.95. The molecule has 0 spiro atoms. The van der Waals surface area contributed by atoms with Gasteiger partial charge in [-0.05, 0) is 19.3 Å². The van der Waals surface area contributed by atoms with Gasteiger partial charge in [-0.3, -0.25) is 4.79 Å². The van der Waals surface area contributed by atoms with Crippen molar-refractivity contribution in [2.45, 2.75) is 30.6 Å². The van der Waals surface area contributed by atoms with Gasteiger partial charge in [0.1, 0.15) is 6.04 Å². The van der Waals surface area contributed by atoms with Crippen LogP contribution in [0.1, 0.15) is 19.3 Å². The van der Waals surface area contributed by atoms with E-state index in [0.29, 0.717) is 12.8 Å². The van der Waals surface area contributed by atoms with Gasteiger partial charge in [0.25, 0.3) is 0 Å². The van der Waals surface area contributed by atoms with Gasteiger partial charge < -0.3 is 10.8 Å². The first-order valence-corrected chi connectivity index (χ1v) is 5.85. The van der Waals surface area contributed by atoms with Gasteiger partial charge in [-0.2, -0.15) is 0 Å². The summed E-state index contributed by atoms with van der Waals surface area (Å²) in [7, 11) is -3.06. The van der Waals surface area contributed by atoms with Gasteiger partial charge in [-0.1, -0.05) is 0 Å². The largest absolute Gasteiger partial charge is 0.480 e. The number of rotatable bonds is 3. The zero-order chi connectivity index (χ0) is 10.1. The Hall–Kier alpha value is -0.620.